The highest BCUT2D eigenvalue weighted by molar-refractivity contribution is 5.94. The first-order valence-corrected chi connectivity index (χ1v) is 6.71. The van der Waals surface area contributed by atoms with Crippen molar-refractivity contribution >= 4 is 5.91 Å². The van der Waals surface area contributed by atoms with Gasteiger partial charge in [0.2, 0.25) is 0 Å². The van der Waals surface area contributed by atoms with Crippen molar-refractivity contribution < 1.29 is 9.53 Å². The average molecular weight is 274 g/mol. The molecule has 0 heterocycles. The normalized spacial score (nSPS) is 9.80. The van der Waals surface area contributed by atoms with Crippen LogP contribution in [0.5, 0.6) is 0 Å². The Morgan fingerprint density at radius 2 is 2.15 bits per heavy atom. The summed E-state index contributed by atoms with van der Waals surface area (Å²) >= 11 is 0. The lowest BCUT2D eigenvalue weighted by Crippen LogP contribution is -2.33. The van der Waals surface area contributed by atoms with Gasteiger partial charge in [0.15, 0.2) is 0 Å². The molecule has 0 saturated carbocycles. The summed E-state index contributed by atoms with van der Waals surface area (Å²) in [7, 11) is 1.63. The summed E-state index contributed by atoms with van der Waals surface area (Å²) < 4.78 is 5.03. The zero-order valence-electron chi connectivity index (χ0n) is 12.4. The summed E-state index contributed by atoms with van der Waals surface area (Å²) in [6.07, 6.45) is 0. The van der Waals surface area contributed by atoms with Gasteiger partial charge in [-0.2, -0.15) is 0 Å². The molecule has 1 rings (SSSR count). The topological polar surface area (TPSA) is 55.6 Å². The number of amides is 1. The maximum Gasteiger partial charge on any atom is 0.253 e. The third-order valence-corrected chi connectivity index (χ3v) is 2.89. The fraction of sp³-hybridized carbons (Fsp3) is 0.438. The lowest BCUT2D eigenvalue weighted by atomic mass is 10.1. The number of aryl methyl sites for hydroxylation is 1. The molecule has 1 aromatic carbocycles. The predicted molar refractivity (Wildman–Crippen MR) is 80.6 cm³/mol. The fourth-order valence-corrected chi connectivity index (χ4v) is 1.92. The van der Waals surface area contributed by atoms with E-state index in [1.54, 1.807) is 12.0 Å². The number of rotatable bonds is 5. The molecule has 0 radical (unpaired) electrons. The van der Waals surface area contributed by atoms with Crippen molar-refractivity contribution in [2.75, 3.05) is 33.4 Å². The number of benzene rings is 1. The molecule has 20 heavy (non-hydrogen) atoms. The number of ether oxygens (including phenoxy) is 1. The zero-order valence-corrected chi connectivity index (χ0v) is 12.4. The molecule has 0 unspecified atom stereocenters. The summed E-state index contributed by atoms with van der Waals surface area (Å²) in [4.78, 5) is 14.2. The van der Waals surface area contributed by atoms with Gasteiger partial charge in [-0.15, -0.1) is 0 Å². The highest BCUT2D eigenvalue weighted by Crippen LogP contribution is 2.11. The van der Waals surface area contributed by atoms with Gasteiger partial charge in [-0.3, -0.25) is 4.79 Å². The van der Waals surface area contributed by atoms with E-state index in [4.69, 9.17) is 10.5 Å². The minimum absolute atomic E-state index is 0.00375. The van der Waals surface area contributed by atoms with Crippen molar-refractivity contribution in [2.24, 2.45) is 5.73 Å². The molecule has 4 nitrogen and oxygen atoms in total. The largest absolute Gasteiger partial charge is 0.383 e. The van der Waals surface area contributed by atoms with Crippen LogP contribution in [0.15, 0.2) is 18.2 Å². The molecular weight excluding hydrogens is 252 g/mol. The van der Waals surface area contributed by atoms with Crippen LogP contribution in [-0.4, -0.2) is 44.2 Å². The molecule has 108 valence electrons. The second-order valence-electron chi connectivity index (χ2n) is 4.47. The van der Waals surface area contributed by atoms with Crippen LogP contribution in [0, 0.1) is 18.8 Å². The van der Waals surface area contributed by atoms with Crippen LogP contribution in [0.1, 0.15) is 28.4 Å². The zero-order chi connectivity index (χ0) is 15.0. The van der Waals surface area contributed by atoms with Crippen LogP contribution >= 0.6 is 0 Å². The van der Waals surface area contributed by atoms with E-state index in [2.05, 4.69) is 11.8 Å². The minimum Gasteiger partial charge on any atom is -0.383 e. The maximum absolute atomic E-state index is 12.5. The smallest absolute Gasteiger partial charge is 0.253 e. The Balaban J connectivity index is 2.99. The molecule has 0 fully saturated rings. The summed E-state index contributed by atoms with van der Waals surface area (Å²) in [5.41, 5.74) is 7.87. The van der Waals surface area contributed by atoms with Gasteiger partial charge in [0, 0.05) is 31.3 Å². The fourth-order valence-electron chi connectivity index (χ4n) is 1.92. The number of nitrogens with zero attached hydrogens (tertiary/aromatic N) is 1. The van der Waals surface area contributed by atoms with E-state index in [0.717, 1.165) is 11.1 Å². The van der Waals surface area contributed by atoms with Crippen LogP contribution in [-0.2, 0) is 4.74 Å². The molecule has 4 heteroatoms. The van der Waals surface area contributed by atoms with Gasteiger partial charge in [-0.05, 0) is 37.6 Å². The van der Waals surface area contributed by atoms with E-state index in [1.165, 1.54) is 0 Å². The number of likely N-dealkylation sites (N-methyl/N-ethyl adjacent to an activating group) is 1. The molecule has 1 amide bonds. The van der Waals surface area contributed by atoms with Crippen molar-refractivity contribution in [1.82, 2.24) is 4.90 Å². The van der Waals surface area contributed by atoms with Gasteiger partial charge in [-0.25, -0.2) is 0 Å². The third kappa shape index (κ3) is 4.69. The van der Waals surface area contributed by atoms with Crippen molar-refractivity contribution in [3.8, 4) is 11.8 Å². The molecule has 0 bridgehead atoms. The number of carbonyl (C=O) groups excluding carboxylic acids is 1. The first kappa shape index (κ1) is 16.2. The Kier molecular flexibility index (Phi) is 6.78. The van der Waals surface area contributed by atoms with E-state index in [-0.39, 0.29) is 5.91 Å². The van der Waals surface area contributed by atoms with E-state index >= 15 is 0 Å². The van der Waals surface area contributed by atoms with Crippen LogP contribution in [0.25, 0.3) is 0 Å². The summed E-state index contributed by atoms with van der Waals surface area (Å²) in [6, 6.07) is 5.64. The summed E-state index contributed by atoms with van der Waals surface area (Å²) in [5.74, 6) is 5.78. The maximum atomic E-state index is 12.5. The molecule has 1 aromatic rings. The lowest BCUT2D eigenvalue weighted by molar-refractivity contribution is 0.0706. The van der Waals surface area contributed by atoms with Crippen molar-refractivity contribution in [1.29, 1.82) is 0 Å². The van der Waals surface area contributed by atoms with E-state index in [1.807, 2.05) is 32.0 Å². The van der Waals surface area contributed by atoms with Gasteiger partial charge in [0.05, 0.1) is 13.2 Å². The van der Waals surface area contributed by atoms with Gasteiger partial charge in [0.25, 0.3) is 5.91 Å². The minimum atomic E-state index is 0.00375. The molecule has 0 spiro atoms. The third-order valence-electron chi connectivity index (χ3n) is 2.89. The van der Waals surface area contributed by atoms with Crippen LogP contribution < -0.4 is 5.73 Å². The monoisotopic (exact) mass is 274 g/mol. The van der Waals surface area contributed by atoms with Crippen LogP contribution in [0.3, 0.4) is 0 Å². The SMILES string of the molecule is CCN(CCOC)C(=O)c1cc(C)cc(C#CCN)c1. The standard InChI is InChI=1S/C16H22N2O2/c1-4-18(8-9-20-3)16(19)15-11-13(2)10-14(12-15)6-5-7-17/h10-12H,4,7-9,17H2,1-3H3. The van der Waals surface area contributed by atoms with Crippen molar-refractivity contribution in [3.05, 3.63) is 34.9 Å². The molecule has 0 atom stereocenters. The van der Waals surface area contributed by atoms with Gasteiger partial charge < -0.3 is 15.4 Å². The highest BCUT2D eigenvalue weighted by atomic mass is 16.5. The van der Waals surface area contributed by atoms with Gasteiger partial charge in [-0.1, -0.05) is 11.8 Å². The van der Waals surface area contributed by atoms with Crippen LogP contribution in [0.4, 0.5) is 0 Å². The molecule has 0 aliphatic heterocycles. The number of hydrogen-bond donors (Lipinski definition) is 1. The quantitative estimate of drug-likeness (QED) is 0.826. The second-order valence-corrected chi connectivity index (χ2v) is 4.47. The number of methoxy groups -OCH3 is 1. The first-order valence-electron chi connectivity index (χ1n) is 6.71. The van der Waals surface area contributed by atoms with Crippen molar-refractivity contribution in [2.45, 2.75) is 13.8 Å². The Morgan fingerprint density at radius 3 is 2.75 bits per heavy atom. The van der Waals surface area contributed by atoms with E-state index in [0.29, 0.717) is 31.8 Å². The molecule has 0 aliphatic carbocycles. The van der Waals surface area contributed by atoms with Gasteiger partial charge in [0.1, 0.15) is 0 Å². The van der Waals surface area contributed by atoms with E-state index < -0.39 is 0 Å². The lowest BCUT2D eigenvalue weighted by Gasteiger charge is -2.20. The average Bonchev–Trinajstić information content (AvgIpc) is 2.45. The number of nitrogens with two attached hydrogens (primary N) is 1. The Labute approximate surface area is 120 Å². The summed E-state index contributed by atoms with van der Waals surface area (Å²) in [6.45, 7) is 6.00. The van der Waals surface area contributed by atoms with E-state index in [9.17, 15) is 4.79 Å². The summed E-state index contributed by atoms with van der Waals surface area (Å²) in [5, 5.41) is 0. The van der Waals surface area contributed by atoms with Crippen LogP contribution in [0.2, 0.25) is 0 Å². The first-order chi connectivity index (χ1) is 9.62. The Morgan fingerprint density at radius 1 is 1.40 bits per heavy atom. The number of carbonyl (C=O) groups is 1. The molecule has 0 aromatic heterocycles. The molecular formula is C16H22N2O2. The predicted octanol–water partition coefficient (Wildman–Crippen LogP) is 1.41. The second kappa shape index (κ2) is 8.36. The Hall–Kier alpha value is -1.83. The molecule has 0 saturated heterocycles. The van der Waals surface area contributed by atoms with Gasteiger partial charge >= 0.3 is 0 Å². The Bertz CT molecular complexity index is 515. The number of hydrogen-bond acceptors (Lipinski definition) is 3. The molecule has 2 N–H and O–H groups in total. The van der Waals surface area contributed by atoms with Crippen molar-refractivity contribution in [3.63, 3.8) is 0 Å². The highest BCUT2D eigenvalue weighted by Gasteiger charge is 2.14. The molecule has 0 aliphatic rings.